The summed E-state index contributed by atoms with van der Waals surface area (Å²) in [6.45, 7) is 0. The average molecular weight is 288 g/mol. The third kappa shape index (κ3) is 2.16. The highest BCUT2D eigenvalue weighted by molar-refractivity contribution is 7.98. The van der Waals surface area contributed by atoms with Crippen LogP contribution in [0.1, 0.15) is 11.6 Å². The second-order valence-electron chi connectivity index (χ2n) is 4.23. The molecule has 0 fully saturated rings. The van der Waals surface area contributed by atoms with Gasteiger partial charge in [-0.15, -0.1) is 5.10 Å². The number of benzene rings is 1. The Hall–Kier alpha value is -2.28. The molecule has 0 saturated heterocycles. The molecule has 1 aromatic heterocycles. The van der Waals surface area contributed by atoms with Gasteiger partial charge in [-0.05, 0) is 17.9 Å². The highest BCUT2D eigenvalue weighted by Gasteiger charge is 2.26. The minimum absolute atomic E-state index is 0.117. The zero-order chi connectivity index (χ0) is 14.1. The molecule has 2 aromatic rings. The van der Waals surface area contributed by atoms with Crippen LogP contribution in [0.2, 0.25) is 0 Å². The average Bonchev–Trinajstić information content (AvgIpc) is 2.90. The molecule has 102 valence electrons. The molecular weight excluding hydrogens is 276 g/mol. The number of nitrogens with zero attached hydrogens (tertiary/aromatic N) is 3. The van der Waals surface area contributed by atoms with E-state index in [2.05, 4.69) is 15.4 Å². The van der Waals surface area contributed by atoms with E-state index in [0.29, 0.717) is 11.1 Å². The second-order valence-corrected chi connectivity index (χ2v) is 5.01. The summed E-state index contributed by atoms with van der Waals surface area (Å²) in [6, 6.07) is 9.36. The summed E-state index contributed by atoms with van der Waals surface area (Å²) >= 11 is 1.42. The number of allylic oxidation sites excluding steroid dienone is 1. The predicted molar refractivity (Wildman–Crippen MR) is 75.7 cm³/mol. The van der Waals surface area contributed by atoms with Gasteiger partial charge in [0.25, 0.3) is 0 Å². The number of nitrogens with one attached hydrogen (secondary N) is 1. The van der Waals surface area contributed by atoms with E-state index in [1.165, 1.54) is 11.8 Å². The van der Waals surface area contributed by atoms with Gasteiger partial charge in [0.05, 0.1) is 0 Å². The first-order valence-electron chi connectivity index (χ1n) is 5.96. The van der Waals surface area contributed by atoms with Gasteiger partial charge >= 0.3 is 5.97 Å². The van der Waals surface area contributed by atoms with Gasteiger partial charge in [-0.25, -0.2) is 9.48 Å². The molecule has 1 aliphatic rings. The lowest BCUT2D eigenvalue weighted by molar-refractivity contribution is -0.132. The van der Waals surface area contributed by atoms with Gasteiger partial charge in [-0.1, -0.05) is 42.1 Å². The first-order valence-corrected chi connectivity index (χ1v) is 7.19. The van der Waals surface area contributed by atoms with Crippen LogP contribution >= 0.6 is 11.8 Å². The number of carboxylic acids is 1. The smallest absolute Gasteiger partial charge is 0.352 e. The van der Waals surface area contributed by atoms with Crippen molar-refractivity contribution in [3.8, 4) is 0 Å². The van der Waals surface area contributed by atoms with Gasteiger partial charge in [0.1, 0.15) is 11.7 Å². The SMILES string of the molecule is CSc1nc2n(n1)[C@@H](c1ccccc1)C=C(C(=O)O)N2. The summed E-state index contributed by atoms with van der Waals surface area (Å²) in [7, 11) is 0. The van der Waals surface area contributed by atoms with E-state index < -0.39 is 5.97 Å². The molecule has 3 rings (SSSR count). The van der Waals surface area contributed by atoms with Crippen molar-refractivity contribution in [3.63, 3.8) is 0 Å². The van der Waals surface area contributed by atoms with E-state index >= 15 is 0 Å². The molecule has 0 unspecified atom stereocenters. The highest BCUT2D eigenvalue weighted by Crippen LogP contribution is 2.30. The normalized spacial score (nSPS) is 17.1. The van der Waals surface area contributed by atoms with Crippen molar-refractivity contribution in [2.24, 2.45) is 0 Å². The van der Waals surface area contributed by atoms with Crippen LogP contribution in [0.5, 0.6) is 0 Å². The number of hydrogen-bond acceptors (Lipinski definition) is 5. The molecule has 0 spiro atoms. The molecule has 1 aromatic carbocycles. The topological polar surface area (TPSA) is 80.0 Å². The van der Waals surface area contributed by atoms with E-state index in [0.717, 1.165) is 5.56 Å². The number of hydrogen-bond donors (Lipinski definition) is 2. The molecule has 6 nitrogen and oxygen atoms in total. The summed E-state index contributed by atoms with van der Waals surface area (Å²) in [5.41, 5.74) is 1.08. The van der Waals surface area contributed by atoms with Crippen molar-refractivity contribution in [2.45, 2.75) is 11.2 Å². The number of rotatable bonds is 3. The molecule has 0 radical (unpaired) electrons. The lowest BCUT2D eigenvalue weighted by atomic mass is 10.0. The minimum Gasteiger partial charge on any atom is -0.477 e. The summed E-state index contributed by atoms with van der Waals surface area (Å²) in [6.07, 6.45) is 3.52. The molecule has 2 heterocycles. The van der Waals surface area contributed by atoms with Crippen LogP contribution in [-0.2, 0) is 4.79 Å². The van der Waals surface area contributed by atoms with Crippen LogP contribution < -0.4 is 5.32 Å². The molecular formula is C13H12N4O2S. The van der Waals surface area contributed by atoms with E-state index in [1.807, 2.05) is 36.6 Å². The third-order valence-electron chi connectivity index (χ3n) is 3.00. The Labute approximate surface area is 119 Å². The predicted octanol–water partition coefficient (Wildman–Crippen LogP) is 1.98. The standard InChI is InChI=1S/C13H12N4O2S/c1-20-13-15-12-14-9(11(18)19)7-10(17(12)16-13)8-5-3-2-4-6-8/h2-7,10H,1H3,(H,18,19)(H,14,15,16)/t10-/m1/s1. The van der Waals surface area contributed by atoms with E-state index in [4.69, 9.17) is 0 Å². The molecule has 0 amide bonds. The van der Waals surface area contributed by atoms with Crippen LogP contribution in [0.25, 0.3) is 0 Å². The lowest BCUT2D eigenvalue weighted by Crippen LogP contribution is -2.24. The quantitative estimate of drug-likeness (QED) is 0.841. The molecule has 2 N–H and O–H groups in total. The van der Waals surface area contributed by atoms with Crippen molar-refractivity contribution in [1.82, 2.24) is 14.8 Å². The maximum Gasteiger partial charge on any atom is 0.352 e. The van der Waals surface area contributed by atoms with E-state index in [9.17, 15) is 9.90 Å². The Kier molecular flexibility index (Phi) is 3.19. The number of anilines is 1. The van der Waals surface area contributed by atoms with Crippen molar-refractivity contribution in [1.29, 1.82) is 0 Å². The van der Waals surface area contributed by atoms with Crippen LogP contribution in [0.15, 0.2) is 47.3 Å². The molecule has 1 aliphatic heterocycles. The Balaban J connectivity index is 2.11. The van der Waals surface area contributed by atoms with Gasteiger partial charge in [0.15, 0.2) is 0 Å². The van der Waals surface area contributed by atoms with Crippen LogP contribution in [-0.4, -0.2) is 32.1 Å². The number of carboxylic acid groups (broad SMARTS) is 1. The first kappa shape index (κ1) is 12.7. The van der Waals surface area contributed by atoms with Gasteiger partial charge in [0.2, 0.25) is 11.1 Å². The van der Waals surface area contributed by atoms with E-state index in [-0.39, 0.29) is 11.7 Å². The number of carbonyl (C=O) groups is 1. The fraction of sp³-hybridized carbons (Fsp3) is 0.154. The lowest BCUT2D eigenvalue weighted by Gasteiger charge is -2.22. The van der Waals surface area contributed by atoms with Crippen molar-refractivity contribution in [2.75, 3.05) is 11.6 Å². The monoisotopic (exact) mass is 288 g/mol. The van der Waals surface area contributed by atoms with Crippen LogP contribution in [0, 0.1) is 0 Å². The summed E-state index contributed by atoms with van der Waals surface area (Å²) < 4.78 is 1.70. The van der Waals surface area contributed by atoms with Crippen LogP contribution in [0.4, 0.5) is 5.95 Å². The zero-order valence-electron chi connectivity index (χ0n) is 10.6. The van der Waals surface area contributed by atoms with Crippen molar-refractivity contribution < 1.29 is 9.90 Å². The Morgan fingerprint density at radius 1 is 1.40 bits per heavy atom. The zero-order valence-corrected chi connectivity index (χ0v) is 11.5. The Morgan fingerprint density at radius 2 is 2.15 bits per heavy atom. The third-order valence-corrected chi connectivity index (χ3v) is 3.54. The fourth-order valence-corrected chi connectivity index (χ4v) is 2.42. The van der Waals surface area contributed by atoms with Gasteiger partial charge in [-0.2, -0.15) is 4.98 Å². The largest absolute Gasteiger partial charge is 0.477 e. The molecule has 7 heteroatoms. The minimum atomic E-state index is -1.01. The fourth-order valence-electron chi connectivity index (χ4n) is 2.07. The number of fused-ring (bicyclic) bond motifs is 1. The molecule has 0 aliphatic carbocycles. The summed E-state index contributed by atoms with van der Waals surface area (Å²) in [4.78, 5) is 15.5. The number of aromatic nitrogens is 3. The molecule has 1 atom stereocenters. The Bertz CT molecular complexity index is 681. The first-order chi connectivity index (χ1) is 9.69. The summed E-state index contributed by atoms with van der Waals surface area (Å²) in [5, 5.41) is 17.0. The maximum atomic E-state index is 11.2. The van der Waals surface area contributed by atoms with E-state index in [1.54, 1.807) is 10.8 Å². The molecule has 20 heavy (non-hydrogen) atoms. The molecule has 0 bridgehead atoms. The van der Waals surface area contributed by atoms with Crippen molar-refractivity contribution in [3.05, 3.63) is 47.7 Å². The number of aliphatic carboxylic acids is 1. The number of thioether (sulfide) groups is 1. The highest BCUT2D eigenvalue weighted by atomic mass is 32.2. The Morgan fingerprint density at radius 3 is 2.80 bits per heavy atom. The van der Waals surface area contributed by atoms with Crippen LogP contribution in [0.3, 0.4) is 0 Å². The summed E-state index contributed by atoms with van der Waals surface area (Å²) in [5.74, 6) is -0.561. The van der Waals surface area contributed by atoms with Gasteiger partial charge in [-0.3, -0.25) is 0 Å². The van der Waals surface area contributed by atoms with Gasteiger partial charge < -0.3 is 10.4 Å². The van der Waals surface area contributed by atoms with Gasteiger partial charge in [0, 0.05) is 0 Å². The van der Waals surface area contributed by atoms with Crippen molar-refractivity contribution >= 4 is 23.7 Å². The maximum absolute atomic E-state index is 11.2. The molecule has 0 saturated carbocycles. The second kappa shape index (κ2) is 5.01.